The maximum Gasteiger partial charge on any atom is 0.336 e. The summed E-state index contributed by atoms with van der Waals surface area (Å²) in [5, 5.41) is 2.92. The van der Waals surface area contributed by atoms with Crippen LogP contribution in [-0.2, 0) is 9.53 Å². The molecule has 1 aromatic heterocycles. The van der Waals surface area contributed by atoms with Crippen molar-refractivity contribution in [2.75, 3.05) is 12.4 Å². The van der Waals surface area contributed by atoms with E-state index < -0.39 is 23.3 Å². The van der Waals surface area contributed by atoms with Gasteiger partial charge in [-0.3, -0.25) is 4.79 Å². The van der Waals surface area contributed by atoms with Gasteiger partial charge in [0, 0.05) is 23.1 Å². The molecule has 2 N–H and O–H groups in total. The van der Waals surface area contributed by atoms with Gasteiger partial charge in [0.15, 0.2) is 0 Å². The first-order chi connectivity index (χ1) is 11.5. The van der Waals surface area contributed by atoms with Crippen molar-refractivity contribution in [1.82, 2.24) is 4.98 Å². The first-order valence-electron chi connectivity index (χ1n) is 7.17. The molecule has 1 aliphatic heterocycles. The van der Waals surface area contributed by atoms with E-state index in [9.17, 15) is 14.0 Å². The van der Waals surface area contributed by atoms with Crippen molar-refractivity contribution in [3.05, 3.63) is 74.1 Å². The molecule has 0 saturated heterocycles. The second kappa shape index (κ2) is 6.13. The number of hydrogen-bond acceptors (Lipinski definition) is 4. The molecule has 1 aliphatic rings. The number of carbonyl (C=O) groups excluding carboxylic acids is 1. The summed E-state index contributed by atoms with van der Waals surface area (Å²) < 4.78 is 19.5. The van der Waals surface area contributed by atoms with Gasteiger partial charge in [-0.15, -0.1) is 0 Å². The molecule has 24 heavy (non-hydrogen) atoms. The van der Waals surface area contributed by atoms with Crippen LogP contribution in [0.4, 0.5) is 10.1 Å². The predicted octanol–water partition coefficient (Wildman–Crippen LogP) is 3.17. The number of benzene rings is 1. The topological polar surface area (TPSA) is 71.2 Å². The van der Waals surface area contributed by atoms with Crippen LogP contribution in [0.15, 0.2) is 46.5 Å². The fraction of sp³-hybridized carbons (Fsp3) is 0.176. The average molecular weight is 349 g/mol. The summed E-state index contributed by atoms with van der Waals surface area (Å²) in [4.78, 5) is 27.2. The van der Waals surface area contributed by atoms with Crippen LogP contribution in [0.25, 0.3) is 0 Å². The summed E-state index contributed by atoms with van der Waals surface area (Å²) in [5.41, 5.74) is 1.13. The van der Waals surface area contributed by atoms with Crippen molar-refractivity contribution in [3.8, 4) is 0 Å². The molecule has 124 valence electrons. The van der Waals surface area contributed by atoms with Gasteiger partial charge in [0.25, 0.3) is 5.56 Å². The Kier molecular flexibility index (Phi) is 4.15. The Morgan fingerprint density at radius 1 is 1.33 bits per heavy atom. The van der Waals surface area contributed by atoms with Gasteiger partial charge < -0.3 is 15.0 Å². The smallest absolute Gasteiger partial charge is 0.336 e. The van der Waals surface area contributed by atoms with E-state index in [2.05, 4.69) is 10.3 Å². The molecule has 1 atom stereocenters. The highest BCUT2D eigenvalue weighted by Crippen LogP contribution is 2.41. The Bertz CT molecular complexity index is 920. The Hall–Kier alpha value is -2.60. The lowest BCUT2D eigenvalue weighted by Crippen LogP contribution is -2.30. The molecule has 1 unspecified atom stereocenters. The quantitative estimate of drug-likeness (QED) is 0.818. The summed E-state index contributed by atoms with van der Waals surface area (Å²) in [6.45, 7) is 1.67. The fourth-order valence-electron chi connectivity index (χ4n) is 2.95. The van der Waals surface area contributed by atoms with Gasteiger partial charge in [0.05, 0.1) is 29.2 Å². The molecule has 0 saturated carbocycles. The number of methoxy groups -OCH3 is 1. The molecule has 2 aromatic rings. The number of ether oxygens (including phenoxy) is 1. The van der Waals surface area contributed by atoms with Crippen molar-refractivity contribution in [2.24, 2.45) is 0 Å². The van der Waals surface area contributed by atoms with Crippen LogP contribution in [0, 0.1) is 5.82 Å². The van der Waals surface area contributed by atoms with Gasteiger partial charge >= 0.3 is 5.97 Å². The molecular weight excluding hydrogens is 335 g/mol. The lowest BCUT2D eigenvalue weighted by molar-refractivity contribution is -0.136. The molecular formula is C17H14ClFN2O3. The third-order valence-electron chi connectivity index (χ3n) is 4.00. The minimum atomic E-state index is -0.919. The van der Waals surface area contributed by atoms with Gasteiger partial charge in [-0.2, -0.15) is 0 Å². The molecule has 7 heteroatoms. The first-order valence-corrected chi connectivity index (χ1v) is 7.55. The Morgan fingerprint density at radius 2 is 2.08 bits per heavy atom. The normalized spacial score (nSPS) is 16.4. The van der Waals surface area contributed by atoms with Crippen LogP contribution in [0.1, 0.15) is 24.0 Å². The maximum atomic E-state index is 14.6. The molecule has 0 aliphatic carbocycles. The summed E-state index contributed by atoms with van der Waals surface area (Å²) in [6.07, 6.45) is 1.48. The molecule has 0 radical (unpaired) electrons. The lowest BCUT2D eigenvalue weighted by Gasteiger charge is -2.29. The van der Waals surface area contributed by atoms with Crippen LogP contribution in [0.2, 0.25) is 5.02 Å². The van der Waals surface area contributed by atoms with Crippen LogP contribution in [0.5, 0.6) is 0 Å². The Balaban J connectivity index is 2.35. The standard InChI is InChI=1S/C17H14ClFN2O3/c1-8-12(17(23)24-2)13(9-4-3-5-10(18)15(9)19)14-11(21-8)6-7-20-16(14)22/h3-7,13,21H,1-2H3,(H,20,22). The number of H-pyrrole nitrogens is 1. The number of aromatic amines is 1. The van der Waals surface area contributed by atoms with Crippen molar-refractivity contribution in [3.63, 3.8) is 0 Å². The molecule has 5 nitrogen and oxygen atoms in total. The zero-order valence-corrected chi connectivity index (χ0v) is 13.7. The highest BCUT2D eigenvalue weighted by molar-refractivity contribution is 6.30. The Morgan fingerprint density at radius 3 is 2.79 bits per heavy atom. The fourth-order valence-corrected chi connectivity index (χ4v) is 3.13. The minimum Gasteiger partial charge on any atom is -0.466 e. The van der Waals surface area contributed by atoms with Gasteiger partial charge in [0.2, 0.25) is 0 Å². The average Bonchev–Trinajstić information content (AvgIpc) is 2.56. The summed E-state index contributed by atoms with van der Waals surface area (Å²) in [7, 11) is 1.23. The second-order valence-corrected chi connectivity index (χ2v) is 5.77. The van der Waals surface area contributed by atoms with E-state index in [1.54, 1.807) is 19.1 Å². The summed E-state index contributed by atoms with van der Waals surface area (Å²) in [5.74, 6) is -2.23. The van der Waals surface area contributed by atoms with Crippen LogP contribution >= 0.6 is 11.6 Å². The molecule has 0 amide bonds. The maximum absolute atomic E-state index is 14.6. The highest BCUT2D eigenvalue weighted by atomic mass is 35.5. The third kappa shape index (κ3) is 2.49. The molecule has 0 spiro atoms. The summed E-state index contributed by atoms with van der Waals surface area (Å²) >= 11 is 5.89. The molecule has 2 heterocycles. The van der Waals surface area contributed by atoms with Gasteiger partial charge in [0.1, 0.15) is 5.82 Å². The lowest BCUT2D eigenvalue weighted by atomic mass is 9.81. The number of pyridine rings is 1. The van der Waals surface area contributed by atoms with E-state index in [0.717, 1.165) is 0 Å². The molecule has 3 rings (SSSR count). The number of esters is 1. The number of fused-ring (bicyclic) bond motifs is 1. The molecule has 0 bridgehead atoms. The zero-order valence-electron chi connectivity index (χ0n) is 12.9. The minimum absolute atomic E-state index is 0.0817. The number of carbonyl (C=O) groups is 1. The summed E-state index contributed by atoms with van der Waals surface area (Å²) in [6, 6.07) is 6.14. The van der Waals surface area contributed by atoms with Gasteiger partial charge in [-0.1, -0.05) is 23.7 Å². The predicted molar refractivity (Wildman–Crippen MR) is 88.7 cm³/mol. The number of allylic oxidation sites excluding steroid dienone is 1. The number of anilines is 1. The number of rotatable bonds is 2. The number of nitrogens with one attached hydrogen (secondary N) is 2. The number of halogens is 2. The van der Waals surface area contributed by atoms with Crippen LogP contribution < -0.4 is 10.9 Å². The van der Waals surface area contributed by atoms with E-state index in [1.165, 1.54) is 25.4 Å². The molecule has 0 fully saturated rings. The number of hydrogen-bond donors (Lipinski definition) is 2. The van der Waals surface area contributed by atoms with Crippen LogP contribution in [-0.4, -0.2) is 18.1 Å². The Labute approximate surface area is 142 Å². The van der Waals surface area contributed by atoms with Gasteiger partial charge in [-0.05, 0) is 19.1 Å². The monoisotopic (exact) mass is 348 g/mol. The van der Waals surface area contributed by atoms with Gasteiger partial charge in [-0.25, -0.2) is 9.18 Å². The van der Waals surface area contributed by atoms with E-state index >= 15 is 0 Å². The van der Waals surface area contributed by atoms with E-state index in [4.69, 9.17) is 16.3 Å². The van der Waals surface area contributed by atoms with E-state index in [0.29, 0.717) is 11.4 Å². The third-order valence-corrected chi connectivity index (χ3v) is 4.29. The van der Waals surface area contributed by atoms with Crippen molar-refractivity contribution in [2.45, 2.75) is 12.8 Å². The number of aromatic nitrogens is 1. The van der Waals surface area contributed by atoms with Crippen molar-refractivity contribution in [1.29, 1.82) is 0 Å². The van der Waals surface area contributed by atoms with Crippen molar-refractivity contribution < 1.29 is 13.9 Å². The SMILES string of the molecule is COC(=O)C1=C(C)Nc2cc[nH]c(=O)c2C1c1cccc(Cl)c1F. The van der Waals surface area contributed by atoms with Crippen LogP contribution in [0.3, 0.4) is 0 Å². The molecule has 1 aromatic carbocycles. The first kappa shape index (κ1) is 16.3. The highest BCUT2D eigenvalue weighted by Gasteiger charge is 2.36. The van der Waals surface area contributed by atoms with Crippen molar-refractivity contribution >= 4 is 23.3 Å². The van der Waals surface area contributed by atoms with E-state index in [-0.39, 0.29) is 21.7 Å². The zero-order chi connectivity index (χ0) is 17.4. The van der Waals surface area contributed by atoms with E-state index in [1.807, 2.05) is 0 Å². The largest absolute Gasteiger partial charge is 0.466 e. The second-order valence-electron chi connectivity index (χ2n) is 5.37.